The number of phenols is 1. The standard InChI is InChI=1S/C9H5FN2O3/c10-6-4-5-2-1-3-11-7(5)9(13)8(6)12(14)15/h1-4,13H. The maximum Gasteiger partial charge on any atom is 0.348 e. The number of fused-ring (bicyclic) bond motifs is 1. The molecular formula is C9H5FN2O3. The third-order valence-corrected chi connectivity index (χ3v) is 1.98. The van der Waals surface area contributed by atoms with Crippen LogP contribution in [-0.4, -0.2) is 15.0 Å². The molecule has 0 saturated heterocycles. The monoisotopic (exact) mass is 208 g/mol. The molecule has 0 aliphatic heterocycles. The van der Waals surface area contributed by atoms with Gasteiger partial charge in [-0.2, -0.15) is 4.39 Å². The van der Waals surface area contributed by atoms with Gasteiger partial charge in [-0.15, -0.1) is 0 Å². The Balaban J connectivity index is 2.90. The molecule has 2 rings (SSSR count). The number of hydrogen-bond donors (Lipinski definition) is 1. The topological polar surface area (TPSA) is 76.3 Å². The first-order valence-corrected chi connectivity index (χ1v) is 4.02. The number of nitro groups is 1. The number of rotatable bonds is 1. The van der Waals surface area contributed by atoms with Crippen molar-refractivity contribution < 1.29 is 14.4 Å². The molecule has 1 aromatic heterocycles. The molecule has 0 amide bonds. The highest BCUT2D eigenvalue weighted by Gasteiger charge is 2.23. The van der Waals surface area contributed by atoms with Crippen molar-refractivity contribution in [3.8, 4) is 5.75 Å². The average molecular weight is 208 g/mol. The number of hydrogen-bond acceptors (Lipinski definition) is 4. The summed E-state index contributed by atoms with van der Waals surface area (Å²) in [6.45, 7) is 0. The Bertz CT molecular complexity index is 556. The Morgan fingerprint density at radius 2 is 2.27 bits per heavy atom. The van der Waals surface area contributed by atoms with E-state index in [-0.39, 0.29) is 5.52 Å². The van der Waals surface area contributed by atoms with Crippen LogP contribution in [0.3, 0.4) is 0 Å². The van der Waals surface area contributed by atoms with Crippen LogP contribution in [0.1, 0.15) is 0 Å². The summed E-state index contributed by atoms with van der Waals surface area (Å²) in [7, 11) is 0. The first-order valence-electron chi connectivity index (χ1n) is 4.02. The van der Waals surface area contributed by atoms with Crippen molar-refractivity contribution in [2.75, 3.05) is 0 Å². The molecule has 1 N–H and O–H groups in total. The van der Waals surface area contributed by atoms with E-state index in [1.807, 2.05) is 0 Å². The largest absolute Gasteiger partial charge is 0.500 e. The molecule has 76 valence electrons. The predicted octanol–water partition coefficient (Wildman–Crippen LogP) is 1.99. The molecule has 15 heavy (non-hydrogen) atoms. The summed E-state index contributed by atoms with van der Waals surface area (Å²) in [6, 6.07) is 4.03. The van der Waals surface area contributed by atoms with Crippen LogP contribution < -0.4 is 0 Å². The second-order valence-corrected chi connectivity index (χ2v) is 2.89. The fraction of sp³-hybridized carbons (Fsp3) is 0. The molecule has 0 saturated carbocycles. The molecular weight excluding hydrogens is 203 g/mol. The Morgan fingerprint density at radius 1 is 1.53 bits per heavy atom. The molecule has 0 fully saturated rings. The molecule has 0 aliphatic rings. The van der Waals surface area contributed by atoms with Crippen molar-refractivity contribution >= 4 is 16.6 Å². The number of phenolic OH excluding ortho intramolecular Hbond substituents is 1. The third kappa shape index (κ3) is 1.35. The van der Waals surface area contributed by atoms with Crippen molar-refractivity contribution in [2.24, 2.45) is 0 Å². The van der Waals surface area contributed by atoms with E-state index in [1.54, 1.807) is 6.07 Å². The number of aromatic hydroxyl groups is 1. The number of nitrogens with zero attached hydrogens (tertiary/aromatic N) is 2. The Hall–Kier alpha value is -2.24. The minimum absolute atomic E-state index is 0.0191. The van der Waals surface area contributed by atoms with Gasteiger partial charge in [0, 0.05) is 11.6 Å². The number of aromatic nitrogens is 1. The van der Waals surface area contributed by atoms with Crippen LogP contribution >= 0.6 is 0 Å². The maximum absolute atomic E-state index is 13.2. The highest BCUT2D eigenvalue weighted by molar-refractivity contribution is 5.88. The zero-order valence-electron chi connectivity index (χ0n) is 7.35. The quantitative estimate of drug-likeness (QED) is 0.574. The number of halogens is 1. The zero-order valence-corrected chi connectivity index (χ0v) is 7.35. The van der Waals surface area contributed by atoms with Gasteiger partial charge in [0.1, 0.15) is 5.52 Å². The molecule has 0 unspecified atom stereocenters. The minimum atomic E-state index is -1.07. The van der Waals surface area contributed by atoms with Gasteiger partial charge in [0.2, 0.25) is 11.6 Å². The van der Waals surface area contributed by atoms with E-state index < -0.39 is 22.2 Å². The summed E-state index contributed by atoms with van der Waals surface area (Å²) in [5.74, 6) is -1.81. The first kappa shape index (κ1) is 9.32. The van der Waals surface area contributed by atoms with Gasteiger partial charge in [-0.05, 0) is 12.1 Å². The van der Waals surface area contributed by atoms with Crippen molar-refractivity contribution in [1.82, 2.24) is 4.98 Å². The summed E-state index contributed by atoms with van der Waals surface area (Å²) in [5.41, 5.74) is -0.924. The summed E-state index contributed by atoms with van der Waals surface area (Å²) in [6.07, 6.45) is 1.36. The smallest absolute Gasteiger partial charge is 0.348 e. The summed E-state index contributed by atoms with van der Waals surface area (Å²) in [5, 5.41) is 20.2. The van der Waals surface area contributed by atoms with Gasteiger partial charge in [0.05, 0.1) is 4.92 Å². The van der Waals surface area contributed by atoms with Gasteiger partial charge in [-0.3, -0.25) is 15.1 Å². The predicted molar refractivity (Wildman–Crippen MR) is 50.0 cm³/mol. The Kier molecular flexibility index (Phi) is 1.96. The van der Waals surface area contributed by atoms with Gasteiger partial charge in [0.25, 0.3) is 0 Å². The van der Waals surface area contributed by atoms with Crippen molar-refractivity contribution in [3.05, 3.63) is 40.3 Å². The van der Waals surface area contributed by atoms with Crippen LogP contribution in [0.4, 0.5) is 10.1 Å². The molecule has 6 heteroatoms. The molecule has 0 atom stereocenters. The van der Waals surface area contributed by atoms with Crippen molar-refractivity contribution in [2.45, 2.75) is 0 Å². The molecule has 0 bridgehead atoms. The molecule has 1 aromatic carbocycles. The summed E-state index contributed by atoms with van der Waals surface area (Å²) < 4.78 is 13.2. The fourth-order valence-electron chi connectivity index (χ4n) is 1.34. The summed E-state index contributed by atoms with van der Waals surface area (Å²) >= 11 is 0. The normalized spacial score (nSPS) is 10.5. The second kappa shape index (κ2) is 3.16. The SMILES string of the molecule is O=[N+]([O-])c1c(F)cc2cccnc2c1O. The van der Waals surface area contributed by atoms with Crippen LogP contribution in [0.2, 0.25) is 0 Å². The zero-order chi connectivity index (χ0) is 11.0. The Morgan fingerprint density at radius 3 is 2.93 bits per heavy atom. The average Bonchev–Trinajstić information content (AvgIpc) is 2.17. The van der Waals surface area contributed by atoms with E-state index in [4.69, 9.17) is 0 Å². The van der Waals surface area contributed by atoms with Crippen molar-refractivity contribution in [1.29, 1.82) is 0 Å². The lowest BCUT2D eigenvalue weighted by atomic mass is 10.2. The van der Waals surface area contributed by atoms with Crippen molar-refractivity contribution in [3.63, 3.8) is 0 Å². The van der Waals surface area contributed by atoms with Crippen LogP contribution in [0, 0.1) is 15.9 Å². The highest BCUT2D eigenvalue weighted by Crippen LogP contribution is 2.35. The van der Waals surface area contributed by atoms with E-state index in [0.717, 1.165) is 6.07 Å². The van der Waals surface area contributed by atoms with Gasteiger partial charge in [-0.25, -0.2) is 0 Å². The highest BCUT2D eigenvalue weighted by atomic mass is 19.1. The lowest BCUT2D eigenvalue weighted by molar-refractivity contribution is -0.388. The number of pyridine rings is 1. The van der Waals surface area contributed by atoms with Crippen LogP contribution in [0.15, 0.2) is 24.4 Å². The van der Waals surface area contributed by atoms with E-state index in [1.165, 1.54) is 12.3 Å². The first-order chi connectivity index (χ1) is 7.11. The van der Waals surface area contributed by atoms with E-state index in [2.05, 4.69) is 4.98 Å². The maximum atomic E-state index is 13.2. The van der Waals surface area contributed by atoms with Crippen LogP contribution in [-0.2, 0) is 0 Å². The molecule has 0 radical (unpaired) electrons. The second-order valence-electron chi connectivity index (χ2n) is 2.89. The number of benzene rings is 1. The van der Waals surface area contributed by atoms with Crippen LogP contribution in [0.25, 0.3) is 10.9 Å². The van der Waals surface area contributed by atoms with E-state index in [9.17, 15) is 19.6 Å². The molecule has 5 nitrogen and oxygen atoms in total. The van der Waals surface area contributed by atoms with Gasteiger partial charge >= 0.3 is 5.69 Å². The molecule has 0 spiro atoms. The lowest BCUT2D eigenvalue weighted by Crippen LogP contribution is -1.94. The van der Waals surface area contributed by atoms with Crippen LogP contribution in [0.5, 0.6) is 5.75 Å². The van der Waals surface area contributed by atoms with E-state index >= 15 is 0 Å². The minimum Gasteiger partial charge on any atom is -0.500 e. The Labute approximate surface area is 82.9 Å². The summed E-state index contributed by atoms with van der Waals surface area (Å²) in [4.78, 5) is 13.2. The molecule has 2 aromatic rings. The number of nitro benzene ring substituents is 1. The lowest BCUT2D eigenvalue weighted by Gasteiger charge is -2.01. The van der Waals surface area contributed by atoms with Gasteiger partial charge in [-0.1, -0.05) is 6.07 Å². The van der Waals surface area contributed by atoms with Gasteiger partial charge in [0.15, 0.2) is 0 Å². The van der Waals surface area contributed by atoms with Gasteiger partial charge < -0.3 is 5.11 Å². The molecule has 0 aliphatic carbocycles. The molecule has 1 heterocycles. The third-order valence-electron chi connectivity index (χ3n) is 1.98. The van der Waals surface area contributed by atoms with E-state index in [0.29, 0.717) is 5.39 Å². The fourth-order valence-corrected chi connectivity index (χ4v) is 1.34.